The molecular formula is C20H22N2O2. The summed E-state index contributed by atoms with van der Waals surface area (Å²) in [4.78, 5) is 17.0. The summed E-state index contributed by atoms with van der Waals surface area (Å²) in [6.07, 6.45) is -0.548. The van der Waals surface area contributed by atoms with Crippen molar-refractivity contribution in [3.05, 3.63) is 71.8 Å². The van der Waals surface area contributed by atoms with Crippen molar-refractivity contribution in [3.8, 4) is 0 Å². The highest BCUT2D eigenvalue weighted by atomic mass is 16.3. The lowest BCUT2D eigenvalue weighted by atomic mass is 9.95. The Labute approximate surface area is 142 Å². The van der Waals surface area contributed by atoms with Gasteiger partial charge in [-0.3, -0.25) is 9.69 Å². The number of hydrogen-bond donors (Lipinski definition) is 1. The van der Waals surface area contributed by atoms with Crippen LogP contribution in [-0.4, -0.2) is 46.0 Å². The van der Waals surface area contributed by atoms with E-state index in [1.165, 1.54) is 5.56 Å². The van der Waals surface area contributed by atoms with Gasteiger partial charge in [-0.15, -0.1) is 0 Å². The molecule has 0 spiro atoms. The molecule has 0 unspecified atom stereocenters. The summed E-state index contributed by atoms with van der Waals surface area (Å²) in [5.41, 5.74) is 2.32. The molecular weight excluding hydrogens is 300 g/mol. The molecule has 2 saturated heterocycles. The highest BCUT2D eigenvalue weighted by Gasteiger charge is 2.50. The molecule has 2 bridgehead atoms. The van der Waals surface area contributed by atoms with Gasteiger partial charge in [-0.2, -0.15) is 0 Å². The predicted octanol–water partition coefficient (Wildman–Crippen LogP) is 1.89. The largest absolute Gasteiger partial charge is 0.391 e. The van der Waals surface area contributed by atoms with Crippen molar-refractivity contribution in [3.63, 3.8) is 0 Å². The van der Waals surface area contributed by atoms with Crippen LogP contribution in [0, 0.1) is 5.92 Å². The van der Waals surface area contributed by atoms with E-state index in [-0.39, 0.29) is 11.8 Å². The maximum atomic E-state index is 12.9. The fourth-order valence-corrected chi connectivity index (χ4v) is 3.95. The van der Waals surface area contributed by atoms with E-state index in [9.17, 15) is 9.90 Å². The molecule has 0 saturated carbocycles. The van der Waals surface area contributed by atoms with Gasteiger partial charge in [-0.1, -0.05) is 60.7 Å². The third-order valence-electron chi connectivity index (χ3n) is 5.13. The van der Waals surface area contributed by atoms with Gasteiger partial charge >= 0.3 is 0 Å². The number of nitrogens with zero attached hydrogens (tertiary/aromatic N) is 2. The van der Waals surface area contributed by atoms with Crippen LogP contribution in [0.1, 0.15) is 11.1 Å². The molecule has 2 aromatic carbocycles. The molecule has 2 aromatic rings. The number of likely N-dealkylation sites (tertiary alicyclic amines) is 2. The predicted molar refractivity (Wildman–Crippen MR) is 92.0 cm³/mol. The van der Waals surface area contributed by atoms with E-state index in [1.54, 1.807) is 0 Å². The Morgan fingerprint density at radius 2 is 1.46 bits per heavy atom. The van der Waals surface area contributed by atoms with Crippen molar-refractivity contribution < 1.29 is 9.90 Å². The quantitative estimate of drug-likeness (QED) is 0.935. The molecule has 3 atom stereocenters. The molecule has 2 fully saturated rings. The molecule has 1 N–H and O–H groups in total. The van der Waals surface area contributed by atoms with Crippen LogP contribution in [0.5, 0.6) is 0 Å². The maximum absolute atomic E-state index is 12.9. The molecule has 24 heavy (non-hydrogen) atoms. The second kappa shape index (κ2) is 6.38. The highest BCUT2D eigenvalue weighted by molar-refractivity contribution is 5.84. The molecule has 1 amide bonds. The van der Waals surface area contributed by atoms with Crippen LogP contribution >= 0.6 is 0 Å². The monoisotopic (exact) mass is 322 g/mol. The Balaban J connectivity index is 1.51. The van der Waals surface area contributed by atoms with Crippen LogP contribution in [0.15, 0.2) is 60.7 Å². The van der Waals surface area contributed by atoms with Gasteiger partial charge in [-0.05, 0) is 11.1 Å². The number of benzene rings is 2. The second-order valence-corrected chi connectivity index (χ2v) is 6.81. The second-order valence-electron chi connectivity index (χ2n) is 6.81. The zero-order chi connectivity index (χ0) is 16.5. The Bertz CT molecular complexity index is 704. The highest BCUT2D eigenvalue weighted by Crippen LogP contribution is 2.33. The van der Waals surface area contributed by atoms with Gasteiger partial charge in [0.05, 0.1) is 6.10 Å². The lowest BCUT2D eigenvalue weighted by Gasteiger charge is -2.35. The topological polar surface area (TPSA) is 43.8 Å². The summed E-state index contributed by atoms with van der Waals surface area (Å²) >= 11 is 0. The van der Waals surface area contributed by atoms with E-state index in [2.05, 4.69) is 17.0 Å². The van der Waals surface area contributed by atoms with E-state index in [0.717, 1.165) is 12.1 Å². The number of carbonyl (C=O) groups is 1. The zero-order valence-electron chi connectivity index (χ0n) is 13.6. The van der Waals surface area contributed by atoms with Gasteiger partial charge in [0, 0.05) is 32.1 Å². The van der Waals surface area contributed by atoms with Gasteiger partial charge in [0.25, 0.3) is 0 Å². The maximum Gasteiger partial charge on any atom is 0.242 e. The molecule has 4 nitrogen and oxygen atoms in total. The van der Waals surface area contributed by atoms with Crippen molar-refractivity contribution >= 4 is 5.91 Å². The van der Waals surface area contributed by atoms with E-state index in [1.807, 2.05) is 53.4 Å². The van der Waals surface area contributed by atoms with Crippen LogP contribution in [-0.2, 0) is 17.9 Å². The van der Waals surface area contributed by atoms with Crippen molar-refractivity contribution in [2.75, 3.05) is 13.1 Å². The van der Waals surface area contributed by atoms with E-state index in [4.69, 9.17) is 0 Å². The summed E-state index contributed by atoms with van der Waals surface area (Å²) in [7, 11) is 0. The van der Waals surface area contributed by atoms with Crippen LogP contribution < -0.4 is 0 Å². The van der Waals surface area contributed by atoms with E-state index in [0.29, 0.717) is 19.6 Å². The molecule has 4 rings (SSSR count). The first-order valence-corrected chi connectivity index (χ1v) is 8.51. The number of hydrogen-bond acceptors (Lipinski definition) is 3. The first-order chi connectivity index (χ1) is 11.7. The normalized spacial score (nSPS) is 26.8. The van der Waals surface area contributed by atoms with Crippen LogP contribution in [0.25, 0.3) is 0 Å². The zero-order valence-corrected chi connectivity index (χ0v) is 13.6. The summed E-state index contributed by atoms with van der Waals surface area (Å²) in [6, 6.07) is 19.8. The number of piperidine rings is 1. The molecule has 0 aromatic heterocycles. The van der Waals surface area contributed by atoms with E-state index < -0.39 is 12.1 Å². The molecule has 2 aliphatic heterocycles. The SMILES string of the molecule is O=C1[C@H]2[C@@H](O)[C@@H](CN1Cc1ccccc1)CN2Cc1ccccc1. The Hall–Kier alpha value is -2.17. The third-order valence-corrected chi connectivity index (χ3v) is 5.13. The fourth-order valence-electron chi connectivity index (χ4n) is 3.95. The smallest absolute Gasteiger partial charge is 0.242 e. The lowest BCUT2D eigenvalue weighted by Crippen LogP contribution is -2.54. The molecule has 4 heteroatoms. The number of fused-ring (bicyclic) bond motifs is 2. The summed E-state index contributed by atoms with van der Waals surface area (Å²) < 4.78 is 0. The first kappa shape index (κ1) is 15.4. The molecule has 124 valence electrons. The van der Waals surface area contributed by atoms with Gasteiger partial charge < -0.3 is 10.0 Å². The average molecular weight is 322 g/mol. The Morgan fingerprint density at radius 3 is 2.08 bits per heavy atom. The Kier molecular flexibility index (Phi) is 4.08. The summed E-state index contributed by atoms with van der Waals surface area (Å²) in [6.45, 7) is 2.75. The van der Waals surface area contributed by atoms with Crippen molar-refractivity contribution in [2.45, 2.75) is 25.2 Å². The van der Waals surface area contributed by atoms with E-state index >= 15 is 0 Å². The molecule has 0 radical (unpaired) electrons. The third kappa shape index (κ3) is 2.83. The fraction of sp³-hybridized carbons (Fsp3) is 0.350. The van der Waals surface area contributed by atoms with Gasteiger partial charge in [0.15, 0.2) is 0 Å². The molecule has 2 aliphatic rings. The van der Waals surface area contributed by atoms with Crippen molar-refractivity contribution in [1.82, 2.24) is 9.80 Å². The molecule has 2 heterocycles. The van der Waals surface area contributed by atoms with Crippen molar-refractivity contribution in [1.29, 1.82) is 0 Å². The number of amides is 1. The minimum absolute atomic E-state index is 0.0519. The lowest BCUT2D eigenvalue weighted by molar-refractivity contribution is -0.144. The van der Waals surface area contributed by atoms with Crippen LogP contribution in [0.2, 0.25) is 0 Å². The van der Waals surface area contributed by atoms with Crippen LogP contribution in [0.4, 0.5) is 0 Å². The molecule has 0 aliphatic carbocycles. The number of aliphatic hydroxyl groups excluding tert-OH is 1. The van der Waals surface area contributed by atoms with Gasteiger partial charge in [0.1, 0.15) is 6.04 Å². The summed E-state index contributed by atoms with van der Waals surface area (Å²) in [5.74, 6) is 0.191. The van der Waals surface area contributed by atoms with Crippen molar-refractivity contribution in [2.24, 2.45) is 5.92 Å². The number of carbonyl (C=O) groups excluding carboxylic acids is 1. The van der Waals surface area contributed by atoms with Gasteiger partial charge in [-0.25, -0.2) is 0 Å². The number of rotatable bonds is 4. The number of aliphatic hydroxyl groups is 1. The minimum Gasteiger partial charge on any atom is -0.391 e. The van der Waals surface area contributed by atoms with Crippen LogP contribution in [0.3, 0.4) is 0 Å². The summed E-state index contributed by atoms with van der Waals surface area (Å²) in [5, 5.41) is 10.5. The average Bonchev–Trinajstić information content (AvgIpc) is 2.82. The standard InChI is InChI=1S/C20H22N2O2/c23-19-17-13-21(11-15-7-3-1-4-8-15)18(19)20(24)22(14-17)12-16-9-5-2-6-10-16/h1-10,17-19,23H,11-14H2/t17-,18-,19+/m1/s1. The Morgan fingerprint density at radius 1 is 0.875 bits per heavy atom. The van der Waals surface area contributed by atoms with Gasteiger partial charge in [0.2, 0.25) is 5.91 Å². The first-order valence-electron chi connectivity index (χ1n) is 8.51. The minimum atomic E-state index is -0.548.